The number of hydrogen-bond acceptors (Lipinski definition) is 5. The number of ether oxygens (including phenoxy) is 1. The smallest absolute Gasteiger partial charge is 0.255 e. The zero-order valence-electron chi connectivity index (χ0n) is 18.9. The molecule has 2 amide bonds. The Labute approximate surface area is 185 Å². The van der Waals surface area contributed by atoms with Gasteiger partial charge in [-0.2, -0.15) is 11.8 Å². The predicted octanol–water partition coefficient (Wildman–Crippen LogP) is 3.03. The highest BCUT2D eigenvalue weighted by molar-refractivity contribution is 7.98. The summed E-state index contributed by atoms with van der Waals surface area (Å²) in [6.07, 6.45) is 3.85. The summed E-state index contributed by atoms with van der Waals surface area (Å²) in [5, 5.41) is 6.02. The Kier molecular flexibility index (Phi) is 9.98. The lowest BCUT2D eigenvalue weighted by Gasteiger charge is -2.36. The Morgan fingerprint density at radius 2 is 1.87 bits per heavy atom. The summed E-state index contributed by atoms with van der Waals surface area (Å²) < 4.78 is 5.29. The first-order valence-corrected chi connectivity index (χ1v) is 12.2. The predicted molar refractivity (Wildman–Crippen MR) is 124 cm³/mol. The van der Waals surface area contributed by atoms with Gasteiger partial charge in [0.05, 0.1) is 12.7 Å². The molecule has 168 valence electrons. The van der Waals surface area contributed by atoms with Gasteiger partial charge in [0.1, 0.15) is 11.8 Å². The number of thioether (sulfide) groups is 1. The molecule has 1 heterocycles. The summed E-state index contributed by atoms with van der Waals surface area (Å²) in [4.78, 5) is 28.2. The summed E-state index contributed by atoms with van der Waals surface area (Å²) in [6, 6.07) is 6.51. The van der Waals surface area contributed by atoms with Gasteiger partial charge in [0.25, 0.3) is 5.91 Å². The van der Waals surface area contributed by atoms with E-state index in [1.54, 1.807) is 30.0 Å². The van der Waals surface area contributed by atoms with Gasteiger partial charge in [0, 0.05) is 25.7 Å². The number of piperidine rings is 1. The SMILES string of the molecule is COc1ccccc1C(=O)NC(CCSC)C(=O)NC(C)CN1CC(C)CC(C)C1. The van der Waals surface area contributed by atoms with Crippen LogP contribution in [0.3, 0.4) is 0 Å². The molecule has 0 saturated carbocycles. The average molecular weight is 436 g/mol. The van der Waals surface area contributed by atoms with E-state index in [4.69, 9.17) is 4.74 Å². The van der Waals surface area contributed by atoms with Crippen LogP contribution >= 0.6 is 11.8 Å². The van der Waals surface area contributed by atoms with E-state index in [1.807, 2.05) is 19.2 Å². The third-order valence-corrected chi connectivity index (χ3v) is 6.09. The monoisotopic (exact) mass is 435 g/mol. The third-order valence-electron chi connectivity index (χ3n) is 5.45. The van der Waals surface area contributed by atoms with E-state index in [-0.39, 0.29) is 17.9 Å². The maximum absolute atomic E-state index is 13.0. The van der Waals surface area contributed by atoms with E-state index in [2.05, 4.69) is 29.4 Å². The molecule has 2 rings (SSSR count). The molecule has 7 heteroatoms. The molecular formula is C23H37N3O3S. The first-order valence-electron chi connectivity index (χ1n) is 10.8. The lowest BCUT2D eigenvalue weighted by atomic mass is 9.92. The second kappa shape index (κ2) is 12.2. The van der Waals surface area contributed by atoms with E-state index in [1.165, 1.54) is 13.5 Å². The largest absolute Gasteiger partial charge is 0.496 e. The third kappa shape index (κ3) is 7.51. The molecule has 6 nitrogen and oxygen atoms in total. The van der Waals surface area contributed by atoms with Gasteiger partial charge in [0.2, 0.25) is 5.91 Å². The number of amides is 2. The van der Waals surface area contributed by atoms with Crippen LogP contribution in [0, 0.1) is 11.8 Å². The molecule has 1 aliphatic rings. The Hall–Kier alpha value is -1.73. The number of methoxy groups -OCH3 is 1. The topological polar surface area (TPSA) is 70.7 Å². The fourth-order valence-electron chi connectivity index (χ4n) is 4.29. The summed E-state index contributed by atoms with van der Waals surface area (Å²) in [5.74, 6) is 2.25. The average Bonchev–Trinajstić information content (AvgIpc) is 2.69. The molecule has 1 saturated heterocycles. The maximum atomic E-state index is 13.0. The summed E-state index contributed by atoms with van der Waals surface area (Å²) in [7, 11) is 1.54. The molecule has 0 aromatic heterocycles. The molecular weight excluding hydrogens is 398 g/mol. The van der Waals surface area contributed by atoms with E-state index in [0.29, 0.717) is 29.6 Å². The fraction of sp³-hybridized carbons (Fsp3) is 0.652. The van der Waals surface area contributed by atoms with Gasteiger partial charge in [-0.05, 0) is 55.7 Å². The van der Waals surface area contributed by atoms with Gasteiger partial charge < -0.3 is 20.3 Å². The van der Waals surface area contributed by atoms with Gasteiger partial charge in [-0.3, -0.25) is 9.59 Å². The molecule has 0 bridgehead atoms. The molecule has 0 radical (unpaired) electrons. The minimum atomic E-state index is -0.573. The number of nitrogens with one attached hydrogen (secondary N) is 2. The van der Waals surface area contributed by atoms with Crippen molar-refractivity contribution in [1.29, 1.82) is 0 Å². The molecule has 30 heavy (non-hydrogen) atoms. The molecule has 0 aliphatic carbocycles. The van der Waals surface area contributed by atoms with Crippen LogP contribution in [-0.4, -0.2) is 67.6 Å². The molecule has 1 fully saturated rings. The second-order valence-corrected chi connectivity index (χ2v) is 9.57. The quantitative estimate of drug-likeness (QED) is 0.591. The van der Waals surface area contributed by atoms with Crippen molar-refractivity contribution in [1.82, 2.24) is 15.5 Å². The number of hydrogen-bond donors (Lipinski definition) is 2. The van der Waals surface area contributed by atoms with Gasteiger partial charge in [-0.1, -0.05) is 26.0 Å². The van der Waals surface area contributed by atoms with Crippen LogP contribution in [0.25, 0.3) is 0 Å². The summed E-state index contributed by atoms with van der Waals surface area (Å²) in [6.45, 7) is 9.59. The summed E-state index contributed by atoms with van der Waals surface area (Å²) in [5.41, 5.74) is 0.436. The second-order valence-electron chi connectivity index (χ2n) is 8.58. The number of likely N-dealkylation sites (tertiary alicyclic amines) is 1. The Bertz CT molecular complexity index is 690. The molecule has 0 spiro atoms. The number of carbonyl (C=O) groups excluding carboxylic acids is 2. The van der Waals surface area contributed by atoms with Gasteiger partial charge in [0.15, 0.2) is 0 Å². The Morgan fingerprint density at radius 1 is 1.20 bits per heavy atom. The highest BCUT2D eigenvalue weighted by atomic mass is 32.2. The van der Waals surface area contributed by atoms with E-state index < -0.39 is 6.04 Å². The zero-order valence-corrected chi connectivity index (χ0v) is 19.8. The van der Waals surface area contributed by atoms with Crippen LogP contribution in [0.1, 0.15) is 44.0 Å². The van der Waals surface area contributed by atoms with Crippen molar-refractivity contribution in [2.45, 2.75) is 45.7 Å². The van der Waals surface area contributed by atoms with Crippen LogP contribution < -0.4 is 15.4 Å². The lowest BCUT2D eigenvalue weighted by molar-refractivity contribution is -0.123. The highest BCUT2D eigenvalue weighted by Gasteiger charge is 2.26. The van der Waals surface area contributed by atoms with Crippen molar-refractivity contribution in [2.75, 3.05) is 38.8 Å². The van der Waals surface area contributed by atoms with Crippen LogP contribution in [0.4, 0.5) is 0 Å². The van der Waals surface area contributed by atoms with Crippen LogP contribution in [-0.2, 0) is 4.79 Å². The Balaban J connectivity index is 1.97. The zero-order chi connectivity index (χ0) is 22.1. The number of nitrogens with zero attached hydrogens (tertiary/aromatic N) is 1. The van der Waals surface area contributed by atoms with Gasteiger partial charge >= 0.3 is 0 Å². The van der Waals surface area contributed by atoms with Crippen molar-refractivity contribution in [3.8, 4) is 5.75 Å². The lowest BCUT2D eigenvalue weighted by Crippen LogP contribution is -2.52. The molecule has 1 aromatic carbocycles. The van der Waals surface area contributed by atoms with Crippen LogP contribution in [0.5, 0.6) is 5.75 Å². The number of para-hydroxylation sites is 1. The Morgan fingerprint density at radius 3 is 2.50 bits per heavy atom. The van der Waals surface area contributed by atoms with E-state index >= 15 is 0 Å². The van der Waals surface area contributed by atoms with Crippen molar-refractivity contribution >= 4 is 23.6 Å². The summed E-state index contributed by atoms with van der Waals surface area (Å²) >= 11 is 1.66. The highest BCUT2D eigenvalue weighted by Crippen LogP contribution is 2.21. The van der Waals surface area contributed by atoms with Crippen LogP contribution in [0.2, 0.25) is 0 Å². The molecule has 2 N–H and O–H groups in total. The van der Waals surface area contributed by atoms with Crippen molar-refractivity contribution in [2.24, 2.45) is 11.8 Å². The van der Waals surface area contributed by atoms with E-state index in [0.717, 1.165) is 25.4 Å². The minimum absolute atomic E-state index is 0.0231. The minimum Gasteiger partial charge on any atom is -0.496 e. The molecule has 4 atom stereocenters. The number of carbonyl (C=O) groups is 2. The van der Waals surface area contributed by atoms with Crippen molar-refractivity contribution < 1.29 is 14.3 Å². The number of benzene rings is 1. The molecule has 1 aromatic rings. The normalized spacial score (nSPS) is 21.5. The molecule has 4 unspecified atom stereocenters. The van der Waals surface area contributed by atoms with Gasteiger partial charge in [-0.25, -0.2) is 0 Å². The number of rotatable bonds is 10. The van der Waals surface area contributed by atoms with Crippen LogP contribution in [0.15, 0.2) is 24.3 Å². The molecule has 1 aliphatic heterocycles. The van der Waals surface area contributed by atoms with Crippen molar-refractivity contribution in [3.63, 3.8) is 0 Å². The first-order chi connectivity index (χ1) is 14.3. The van der Waals surface area contributed by atoms with E-state index in [9.17, 15) is 9.59 Å². The standard InChI is InChI=1S/C23H37N3O3S/c1-16-12-17(2)14-26(13-16)15-18(3)24-23(28)20(10-11-30-5)25-22(27)19-8-6-7-9-21(19)29-4/h6-9,16-18,20H,10-15H2,1-5H3,(H,24,28)(H,25,27). The first kappa shape index (κ1) is 24.5. The maximum Gasteiger partial charge on any atom is 0.255 e. The van der Waals surface area contributed by atoms with Crippen molar-refractivity contribution in [3.05, 3.63) is 29.8 Å². The van der Waals surface area contributed by atoms with Gasteiger partial charge in [-0.15, -0.1) is 0 Å². The fourth-order valence-corrected chi connectivity index (χ4v) is 4.76.